The van der Waals surface area contributed by atoms with E-state index in [4.69, 9.17) is 16.7 Å². The highest BCUT2D eigenvalue weighted by Crippen LogP contribution is 2.27. The van der Waals surface area contributed by atoms with E-state index in [-0.39, 0.29) is 22.8 Å². The predicted octanol–water partition coefficient (Wildman–Crippen LogP) is 1.59. The van der Waals surface area contributed by atoms with Gasteiger partial charge in [-0.1, -0.05) is 29.8 Å². The number of Topliss-reactive ketones (excluding diaryl/α,β-unsaturated/α-hetero) is 1. The van der Waals surface area contributed by atoms with E-state index in [0.717, 1.165) is 0 Å². The van der Waals surface area contributed by atoms with Crippen LogP contribution in [0.5, 0.6) is 0 Å². The first-order valence-electron chi connectivity index (χ1n) is 4.61. The number of hydrogen-bond acceptors (Lipinski definition) is 3. The molecule has 0 radical (unpaired) electrons. The van der Waals surface area contributed by atoms with Crippen LogP contribution >= 0.6 is 11.6 Å². The normalized spacial score (nSPS) is 12.2. The molecule has 2 N–H and O–H groups in total. The summed E-state index contributed by atoms with van der Waals surface area (Å²) in [6, 6.07) is 4.61. The van der Waals surface area contributed by atoms with Crippen molar-refractivity contribution in [1.82, 2.24) is 0 Å². The number of carboxylic acids is 1. The van der Waals surface area contributed by atoms with Gasteiger partial charge in [-0.2, -0.15) is 0 Å². The summed E-state index contributed by atoms with van der Waals surface area (Å²) in [5.41, 5.74) is 0.625. The van der Waals surface area contributed by atoms with Crippen LogP contribution in [0, 0.1) is 0 Å². The molecule has 0 aliphatic rings. The molecule has 0 heterocycles. The van der Waals surface area contributed by atoms with Gasteiger partial charge in [0.2, 0.25) is 0 Å². The molecule has 4 nitrogen and oxygen atoms in total. The summed E-state index contributed by atoms with van der Waals surface area (Å²) in [6.07, 6.45) is -1.54. The number of aliphatic hydroxyl groups is 1. The molecule has 1 unspecified atom stereocenters. The summed E-state index contributed by atoms with van der Waals surface area (Å²) >= 11 is 5.92. The molecule has 0 saturated heterocycles. The summed E-state index contributed by atoms with van der Waals surface area (Å²) < 4.78 is 0. The molecule has 16 heavy (non-hydrogen) atoms. The second-order valence-electron chi connectivity index (χ2n) is 3.44. The number of carboxylic acid groups (broad SMARTS) is 1. The van der Waals surface area contributed by atoms with E-state index in [9.17, 15) is 14.7 Å². The first-order chi connectivity index (χ1) is 7.43. The third-order valence-corrected chi connectivity index (χ3v) is 2.54. The van der Waals surface area contributed by atoms with Crippen LogP contribution in [0.25, 0.3) is 0 Å². The second-order valence-corrected chi connectivity index (χ2v) is 3.82. The van der Waals surface area contributed by atoms with E-state index in [1.807, 2.05) is 0 Å². The highest BCUT2D eigenvalue weighted by Gasteiger charge is 2.20. The maximum absolute atomic E-state index is 10.9. The lowest BCUT2D eigenvalue weighted by atomic mass is 10.0. The quantitative estimate of drug-likeness (QED) is 0.841. The van der Waals surface area contributed by atoms with Gasteiger partial charge in [0.1, 0.15) is 5.78 Å². The Morgan fingerprint density at radius 2 is 2.06 bits per heavy atom. The average molecular weight is 243 g/mol. The fraction of sp³-hybridized carbons (Fsp3) is 0.273. The predicted molar refractivity (Wildman–Crippen MR) is 58.4 cm³/mol. The highest BCUT2D eigenvalue weighted by atomic mass is 35.5. The maximum atomic E-state index is 10.9. The van der Waals surface area contributed by atoms with Crippen molar-refractivity contribution in [2.24, 2.45) is 0 Å². The zero-order valence-electron chi connectivity index (χ0n) is 8.61. The Kier molecular flexibility index (Phi) is 4.04. The van der Waals surface area contributed by atoms with E-state index in [1.165, 1.54) is 13.0 Å². The van der Waals surface area contributed by atoms with Crippen molar-refractivity contribution in [3.63, 3.8) is 0 Å². The molecule has 1 atom stereocenters. The van der Waals surface area contributed by atoms with Gasteiger partial charge in [0, 0.05) is 12.0 Å². The van der Waals surface area contributed by atoms with Gasteiger partial charge >= 0.3 is 5.97 Å². The van der Waals surface area contributed by atoms with Crippen molar-refractivity contribution in [1.29, 1.82) is 0 Å². The Morgan fingerprint density at radius 1 is 1.44 bits per heavy atom. The average Bonchev–Trinajstić information content (AvgIpc) is 2.19. The third-order valence-electron chi connectivity index (χ3n) is 2.08. The Morgan fingerprint density at radius 3 is 2.56 bits per heavy atom. The van der Waals surface area contributed by atoms with Gasteiger partial charge in [-0.3, -0.25) is 4.79 Å². The lowest BCUT2D eigenvalue weighted by molar-refractivity contribution is -0.146. The minimum Gasteiger partial charge on any atom is -0.479 e. The largest absolute Gasteiger partial charge is 0.479 e. The molecule has 5 heteroatoms. The molecule has 0 aliphatic heterocycles. The number of aliphatic carboxylic acids is 1. The van der Waals surface area contributed by atoms with Crippen LogP contribution in [0.2, 0.25) is 5.02 Å². The first kappa shape index (κ1) is 12.7. The number of aliphatic hydroxyl groups excluding tert-OH is 1. The second kappa shape index (κ2) is 5.09. The number of rotatable bonds is 4. The minimum absolute atomic E-state index is 0.0798. The third kappa shape index (κ3) is 2.81. The van der Waals surface area contributed by atoms with E-state index in [2.05, 4.69) is 0 Å². The van der Waals surface area contributed by atoms with Gasteiger partial charge in [0.05, 0.1) is 5.02 Å². The van der Waals surface area contributed by atoms with E-state index in [1.54, 1.807) is 12.1 Å². The number of halogens is 1. The lowest BCUT2D eigenvalue weighted by Gasteiger charge is -2.11. The van der Waals surface area contributed by atoms with Crippen molar-refractivity contribution in [3.8, 4) is 0 Å². The van der Waals surface area contributed by atoms with Crippen molar-refractivity contribution in [3.05, 3.63) is 34.3 Å². The van der Waals surface area contributed by atoms with Gasteiger partial charge in [-0.05, 0) is 12.5 Å². The molecule has 0 amide bonds. The standard InChI is InChI=1S/C11H11ClO4/c1-6(13)5-7-3-2-4-8(9(7)12)10(14)11(15)16/h2-4,10,14H,5H2,1H3,(H,15,16). The zero-order chi connectivity index (χ0) is 12.3. The van der Waals surface area contributed by atoms with E-state index in [0.29, 0.717) is 5.56 Å². The van der Waals surface area contributed by atoms with Crippen LogP contribution in [0.15, 0.2) is 18.2 Å². The molecule has 1 rings (SSSR count). The summed E-state index contributed by atoms with van der Waals surface area (Å²) in [4.78, 5) is 21.6. The van der Waals surface area contributed by atoms with Crippen LogP contribution in [-0.4, -0.2) is 22.0 Å². The Balaban J connectivity index is 3.13. The summed E-state index contributed by atoms with van der Waals surface area (Å²) in [5.74, 6) is -1.45. The van der Waals surface area contributed by atoms with Gasteiger partial charge in [-0.15, -0.1) is 0 Å². The SMILES string of the molecule is CC(=O)Cc1cccc(C(O)C(=O)O)c1Cl. The number of carbonyl (C=O) groups is 2. The van der Waals surface area contributed by atoms with Crippen molar-refractivity contribution in [2.75, 3.05) is 0 Å². The fourth-order valence-electron chi connectivity index (χ4n) is 1.35. The van der Waals surface area contributed by atoms with Crippen LogP contribution < -0.4 is 0 Å². The molecule has 0 aromatic heterocycles. The van der Waals surface area contributed by atoms with Crippen LogP contribution in [0.1, 0.15) is 24.2 Å². The molecule has 1 aromatic rings. The Hall–Kier alpha value is -1.39. The molecule has 0 aliphatic carbocycles. The molecule has 86 valence electrons. The lowest BCUT2D eigenvalue weighted by Crippen LogP contribution is -2.12. The first-order valence-corrected chi connectivity index (χ1v) is 4.99. The smallest absolute Gasteiger partial charge is 0.337 e. The van der Waals surface area contributed by atoms with Crippen molar-refractivity contribution < 1.29 is 19.8 Å². The summed E-state index contributed by atoms with van der Waals surface area (Å²) in [5, 5.41) is 18.2. The highest BCUT2D eigenvalue weighted by molar-refractivity contribution is 6.32. The number of hydrogen-bond donors (Lipinski definition) is 2. The molecule has 0 saturated carbocycles. The van der Waals surface area contributed by atoms with E-state index >= 15 is 0 Å². The van der Waals surface area contributed by atoms with E-state index < -0.39 is 12.1 Å². The zero-order valence-corrected chi connectivity index (χ0v) is 9.36. The molecule has 0 fully saturated rings. The monoisotopic (exact) mass is 242 g/mol. The molecular formula is C11H11ClO4. The van der Waals surface area contributed by atoms with Crippen LogP contribution in [0.3, 0.4) is 0 Å². The Bertz CT molecular complexity index is 428. The maximum Gasteiger partial charge on any atom is 0.337 e. The molecule has 1 aromatic carbocycles. The topological polar surface area (TPSA) is 74.6 Å². The summed E-state index contributed by atoms with van der Waals surface area (Å²) in [6.45, 7) is 1.41. The summed E-state index contributed by atoms with van der Waals surface area (Å²) in [7, 11) is 0. The number of ketones is 1. The minimum atomic E-state index is -1.67. The van der Waals surface area contributed by atoms with Gasteiger partial charge < -0.3 is 10.2 Å². The van der Waals surface area contributed by atoms with Crippen molar-refractivity contribution >= 4 is 23.4 Å². The van der Waals surface area contributed by atoms with Gasteiger partial charge in [0.25, 0.3) is 0 Å². The number of benzene rings is 1. The molecular weight excluding hydrogens is 232 g/mol. The number of carbonyl (C=O) groups excluding carboxylic acids is 1. The van der Waals surface area contributed by atoms with Crippen molar-refractivity contribution in [2.45, 2.75) is 19.4 Å². The van der Waals surface area contributed by atoms with Crippen LogP contribution in [0.4, 0.5) is 0 Å². The van der Waals surface area contributed by atoms with Gasteiger partial charge in [-0.25, -0.2) is 4.79 Å². The van der Waals surface area contributed by atoms with Gasteiger partial charge in [0.15, 0.2) is 6.10 Å². The van der Waals surface area contributed by atoms with Crippen LogP contribution in [-0.2, 0) is 16.0 Å². The fourth-order valence-corrected chi connectivity index (χ4v) is 1.64. The molecule has 0 bridgehead atoms. The molecule has 0 spiro atoms. The Labute approximate surface area is 97.5 Å².